The molecule has 1 fully saturated rings. The summed E-state index contributed by atoms with van der Waals surface area (Å²) in [5, 5.41) is 15.5. The van der Waals surface area contributed by atoms with Gasteiger partial charge in [0.1, 0.15) is 0 Å². The van der Waals surface area contributed by atoms with E-state index in [0.29, 0.717) is 24.4 Å². The standard InChI is InChI=1S/C14H28N2O2/c1-3-13(4-2)16-14(18)9-15-8-11-6-5-7-12(11)10-17/h11-13,15,17H,3-10H2,1-2H3,(H,16,18). The van der Waals surface area contributed by atoms with Crippen molar-refractivity contribution < 1.29 is 9.90 Å². The van der Waals surface area contributed by atoms with Gasteiger partial charge in [-0.3, -0.25) is 4.79 Å². The molecule has 1 aliphatic rings. The van der Waals surface area contributed by atoms with Gasteiger partial charge >= 0.3 is 0 Å². The summed E-state index contributed by atoms with van der Waals surface area (Å²) in [5.41, 5.74) is 0. The number of carbonyl (C=O) groups is 1. The van der Waals surface area contributed by atoms with Crippen LogP contribution in [0, 0.1) is 11.8 Å². The van der Waals surface area contributed by atoms with Crippen molar-refractivity contribution in [3.63, 3.8) is 0 Å². The largest absolute Gasteiger partial charge is 0.396 e. The predicted molar refractivity (Wildman–Crippen MR) is 73.3 cm³/mol. The van der Waals surface area contributed by atoms with Crippen LogP contribution in [0.15, 0.2) is 0 Å². The molecule has 0 aliphatic heterocycles. The van der Waals surface area contributed by atoms with Crippen LogP contribution in [0.5, 0.6) is 0 Å². The number of nitrogens with one attached hydrogen (secondary N) is 2. The molecule has 1 aliphatic carbocycles. The van der Waals surface area contributed by atoms with E-state index < -0.39 is 0 Å². The quantitative estimate of drug-likeness (QED) is 0.613. The molecule has 2 unspecified atom stereocenters. The molecule has 1 amide bonds. The van der Waals surface area contributed by atoms with Gasteiger partial charge in [0.25, 0.3) is 0 Å². The van der Waals surface area contributed by atoms with Crippen LogP contribution in [0.1, 0.15) is 46.0 Å². The molecule has 0 aromatic carbocycles. The second-order valence-electron chi connectivity index (χ2n) is 5.35. The van der Waals surface area contributed by atoms with Crippen molar-refractivity contribution in [1.29, 1.82) is 0 Å². The number of aliphatic hydroxyl groups excluding tert-OH is 1. The van der Waals surface area contributed by atoms with E-state index in [-0.39, 0.29) is 12.5 Å². The van der Waals surface area contributed by atoms with Crippen LogP contribution >= 0.6 is 0 Å². The maximum Gasteiger partial charge on any atom is 0.234 e. The molecule has 1 rings (SSSR count). The number of aliphatic hydroxyl groups is 1. The lowest BCUT2D eigenvalue weighted by molar-refractivity contribution is -0.121. The van der Waals surface area contributed by atoms with Crippen molar-refractivity contribution >= 4 is 5.91 Å². The molecular weight excluding hydrogens is 228 g/mol. The van der Waals surface area contributed by atoms with Crippen molar-refractivity contribution in [3.8, 4) is 0 Å². The highest BCUT2D eigenvalue weighted by Crippen LogP contribution is 2.30. The van der Waals surface area contributed by atoms with Gasteiger partial charge in [0, 0.05) is 12.6 Å². The van der Waals surface area contributed by atoms with Gasteiger partial charge in [-0.2, -0.15) is 0 Å². The zero-order valence-corrected chi connectivity index (χ0v) is 11.7. The first-order valence-corrected chi connectivity index (χ1v) is 7.32. The zero-order chi connectivity index (χ0) is 13.4. The molecular formula is C14H28N2O2. The summed E-state index contributed by atoms with van der Waals surface area (Å²) in [6, 6.07) is 0.302. The topological polar surface area (TPSA) is 61.4 Å². The van der Waals surface area contributed by atoms with Gasteiger partial charge in [0.15, 0.2) is 0 Å². The van der Waals surface area contributed by atoms with Crippen LogP contribution in [0.25, 0.3) is 0 Å². The van der Waals surface area contributed by atoms with Crippen LogP contribution in [-0.4, -0.2) is 36.8 Å². The molecule has 0 radical (unpaired) electrons. The van der Waals surface area contributed by atoms with Crippen molar-refractivity contribution in [2.75, 3.05) is 19.7 Å². The van der Waals surface area contributed by atoms with Gasteiger partial charge < -0.3 is 15.7 Å². The van der Waals surface area contributed by atoms with Crippen LogP contribution in [0.3, 0.4) is 0 Å². The van der Waals surface area contributed by atoms with Gasteiger partial charge in [0.2, 0.25) is 5.91 Å². The molecule has 3 N–H and O–H groups in total. The van der Waals surface area contributed by atoms with Crippen molar-refractivity contribution in [2.24, 2.45) is 11.8 Å². The van der Waals surface area contributed by atoms with Crippen LogP contribution in [0.4, 0.5) is 0 Å². The lowest BCUT2D eigenvalue weighted by Gasteiger charge is -2.19. The molecule has 0 bridgehead atoms. The smallest absolute Gasteiger partial charge is 0.234 e. The maximum atomic E-state index is 11.7. The van der Waals surface area contributed by atoms with E-state index in [9.17, 15) is 9.90 Å². The fraction of sp³-hybridized carbons (Fsp3) is 0.929. The average molecular weight is 256 g/mol. The zero-order valence-electron chi connectivity index (χ0n) is 11.7. The Bertz CT molecular complexity index is 242. The molecule has 0 saturated heterocycles. The molecule has 0 spiro atoms. The van der Waals surface area contributed by atoms with Crippen molar-refractivity contribution in [2.45, 2.75) is 52.0 Å². The molecule has 18 heavy (non-hydrogen) atoms. The Balaban J connectivity index is 2.15. The van der Waals surface area contributed by atoms with Crippen molar-refractivity contribution in [1.82, 2.24) is 10.6 Å². The fourth-order valence-electron chi connectivity index (χ4n) is 2.77. The molecule has 106 valence electrons. The third-order valence-electron chi connectivity index (χ3n) is 4.09. The summed E-state index contributed by atoms with van der Waals surface area (Å²) in [6.07, 6.45) is 5.47. The number of rotatable bonds is 8. The molecule has 0 heterocycles. The highest BCUT2D eigenvalue weighted by molar-refractivity contribution is 5.78. The predicted octanol–water partition coefficient (Wildman–Crippen LogP) is 1.29. The number of carbonyl (C=O) groups excluding carboxylic acids is 1. The monoisotopic (exact) mass is 256 g/mol. The van der Waals surface area contributed by atoms with E-state index >= 15 is 0 Å². The van der Waals surface area contributed by atoms with Crippen LogP contribution < -0.4 is 10.6 Å². The summed E-state index contributed by atoms with van der Waals surface area (Å²) in [6.45, 7) is 5.71. The second-order valence-corrected chi connectivity index (χ2v) is 5.35. The lowest BCUT2D eigenvalue weighted by Crippen LogP contribution is -2.41. The minimum absolute atomic E-state index is 0.0854. The highest BCUT2D eigenvalue weighted by Gasteiger charge is 2.26. The highest BCUT2D eigenvalue weighted by atomic mass is 16.3. The van der Waals surface area contributed by atoms with E-state index in [1.807, 2.05) is 0 Å². The second kappa shape index (κ2) is 8.48. The van der Waals surface area contributed by atoms with Crippen LogP contribution in [0.2, 0.25) is 0 Å². The third kappa shape index (κ3) is 4.94. The molecule has 1 saturated carbocycles. The van der Waals surface area contributed by atoms with Gasteiger partial charge in [-0.25, -0.2) is 0 Å². The van der Waals surface area contributed by atoms with Gasteiger partial charge in [-0.05, 0) is 44.1 Å². The number of amides is 1. The van der Waals surface area contributed by atoms with E-state index in [1.165, 1.54) is 12.8 Å². The van der Waals surface area contributed by atoms with Crippen LogP contribution in [-0.2, 0) is 4.79 Å². The number of hydrogen-bond donors (Lipinski definition) is 3. The Morgan fingerprint density at radius 2 is 1.94 bits per heavy atom. The summed E-state index contributed by atoms with van der Waals surface area (Å²) < 4.78 is 0. The molecule has 0 aromatic rings. The summed E-state index contributed by atoms with van der Waals surface area (Å²) in [5.74, 6) is 1.05. The minimum Gasteiger partial charge on any atom is -0.396 e. The first kappa shape index (κ1) is 15.4. The Hall–Kier alpha value is -0.610. The number of hydrogen-bond acceptors (Lipinski definition) is 3. The first-order chi connectivity index (χ1) is 8.71. The average Bonchev–Trinajstić information content (AvgIpc) is 2.83. The summed E-state index contributed by atoms with van der Waals surface area (Å²) in [7, 11) is 0. The molecule has 0 aromatic heterocycles. The third-order valence-corrected chi connectivity index (χ3v) is 4.09. The van der Waals surface area contributed by atoms with Crippen molar-refractivity contribution in [3.05, 3.63) is 0 Å². The van der Waals surface area contributed by atoms with Gasteiger partial charge in [-0.1, -0.05) is 20.3 Å². The molecule has 4 heteroatoms. The van der Waals surface area contributed by atoms with E-state index in [0.717, 1.165) is 25.8 Å². The lowest BCUT2D eigenvalue weighted by atomic mass is 9.97. The summed E-state index contributed by atoms with van der Waals surface area (Å²) >= 11 is 0. The van der Waals surface area contributed by atoms with Gasteiger partial charge in [-0.15, -0.1) is 0 Å². The van der Waals surface area contributed by atoms with E-state index in [2.05, 4.69) is 24.5 Å². The molecule has 2 atom stereocenters. The minimum atomic E-state index is 0.0854. The Morgan fingerprint density at radius 1 is 1.28 bits per heavy atom. The van der Waals surface area contributed by atoms with E-state index in [4.69, 9.17) is 0 Å². The fourth-order valence-corrected chi connectivity index (χ4v) is 2.77. The van der Waals surface area contributed by atoms with Gasteiger partial charge in [0.05, 0.1) is 6.54 Å². The summed E-state index contributed by atoms with van der Waals surface area (Å²) in [4.78, 5) is 11.7. The Morgan fingerprint density at radius 3 is 2.56 bits per heavy atom. The first-order valence-electron chi connectivity index (χ1n) is 7.32. The Labute approximate surface area is 111 Å². The Kier molecular flexibility index (Phi) is 7.28. The normalized spacial score (nSPS) is 23.6. The SMILES string of the molecule is CCC(CC)NC(=O)CNCC1CCCC1CO. The maximum absolute atomic E-state index is 11.7. The van der Waals surface area contributed by atoms with E-state index in [1.54, 1.807) is 0 Å². The molecule has 4 nitrogen and oxygen atoms in total.